The van der Waals surface area contributed by atoms with Crippen LogP contribution in [-0.4, -0.2) is 45.6 Å². The van der Waals surface area contributed by atoms with Crippen molar-refractivity contribution in [1.82, 2.24) is 19.8 Å². The summed E-state index contributed by atoms with van der Waals surface area (Å²) in [6.07, 6.45) is 0. The van der Waals surface area contributed by atoms with Crippen molar-refractivity contribution in [2.45, 2.75) is 26.3 Å². The van der Waals surface area contributed by atoms with Crippen molar-refractivity contribution < 1.29 is 4.79 Å². The van der Waals surface area contributed by atoms with E-state index in [-0.39, 0.29) is 11.4 Å². The Hall–Kier alpha value is -1.01. The molecule has 0 radical (unpaired) electrons. The zero-order valence-corrected chi connectivity index (χ0v) is 10.6. The summed E-state index contributed by atoms with van der Waals surface area (Å²) in [6.45, 7) is 8.38. The van der Waals surface area contributed by atoms with Crippen molar-refractivity contribution >= 4 is 17.4 Å². The molecule has 1 N–H and O–H groups in total. The van der Waals surface area contributed by atoms with Crippen molar-refractivity contribution in [2.24, 2.45) is 0 Å². The average molecular weight is 240 g/mol. The van der Waals surface area contributed by atoms with Gasteiger partial charge in [0.2, 0.25) is 0 Å². The molecular formula is C10H16N4OS. The van der Waals surface area contributed by atoms with Gasteiger partial charge in [0.1, 0.15) is 4.88 Å². The fraction of sp³-hybridized carbons (Fsp3) is 0.700. The Morgan fingerprint density at radius 2 is 2.31 bits per heavy atom. The number of hydrogen-bond acceptors (Lipinski definition) is 5. The molecule has 0 aromatic carbocycles. The van der Waals surface area contributed by atoms with Gasteiger partial charge in [-0.3, -0.25) is 4.79 Å². The first-order valence-electron chi connectivity index (χ1n) is 5.34. The fourth-order valence-corrected chi connectivity index (χ4v) is 2.52. The van der Waals surface area contributed by atoms with Gasteiger partial charge >= 0.3 is 0 Å². The Balaban J connectivity index is 2.24. The minimum Gasteiger partial charge on any atom is -0.330 e. The number of carbonyl (C=O) groups is 1. The molecule has 1 aliphatic rings. The summed E-state index contributed by atoms with van der Waals surface area (Å²) in [4.78, 5) is 14.9. The van der Waals surface area contributed by atoms with Gasteiger partial charge in [-0.2, -0.15) is 0 Å². The predicted octanol–water partition coefficient (Wildman–Crippen LogP) is 0.671. The molecule has 0 bridgehead atoms. The maximum atomic E-state index is 12.3. The number of aryl methyl sites for hydroxylation is 1. The summed E-state index contributed by atoms with van der Waals surface area (Å²) in [5.41, 5.74) is 0.579. The molecule has 2 heterocycles. The zero-order valence-electron chi connectivity index (χ0n) is 9.78. The van der Waals surface area contributed by atoms with E-state index in [0.717, 1.165) is 25.3 Å². The van der Waals surface area contributed by atoms with Gasteiger partial charge in [-0.25, -0.2) is 0 Å². The number of hydrogen-bond donors (Lipinski definition) is 1. The van der Waals surface area contributed by atoms with Crippen LogP contribution in [0.4, 0.5) is 0 Å². The molecule has 1 fully saturated rings. The number of carbonyl (C=O) groups excluding carboxylic acids is 1. The van der Waals surface area contributed by atoms with Crippen LogP contribution in [0.5, 0.6) is 0 Å². The molecule has 6 heteroatoms. The van der Waals surface area contributed by atoms with E-state index in [1.54, 1.807) is 0 Å². The standard InChI is InChI=1S/C10H16N4OS/c1-7-8(16-13-12-7)9(15)14-5-4-11-6-10(14,2)3/h11H,4-6H2,1-3H3. The molecule has 1 aromatic rings. The molecule has 0 aliphatic carbocycles. The van der Waals surface area contributed by atoms with E-state index in [1.165, 1.54) is 11.5 Å². The first-order valence-corrected chi connectivity index (χ1v) is 6.11. The predicted molar refractivity (Wildman–Crippen MR) is 62.6 cm³/mol. The molecule has 1 aliphatic heterocycles. The van der Waals surface area contributed by atoms with Gasteiger partial charge in [-0.1, -0.05) is 4.49 Å². The van der Waals surface area contributed by atoms with Crippen LogP contribution < -0.4 is 5.32 Å². The third-order valence-corrected chi connectivity index (χ3v) is 3.71. The van der Waals surface area contributed by atoms with E-state index < -0.39 is 0 Å². The summed E-state index contributed by atoms with van der Waals surface area (Å²) >= 11 is 1.18. The molecule has 0 unspecified atom stereocenters. The molecule has 88 valence electrons. The lowest BCUT2D eigenvalue weighted by Crippen LogP contribution is -2.59. The smallest absolute Gasteiger partial charge is 0.268 e. The van der Waals surface area contributed by atoms with Gasteiger partial charge in [-0.05, 0) is 32.3 Å². The maximum absolute atomic E-state index is 12.3. The minimum atomic E-state index is -0.147. The number of amides is 1. The first-order chi connectivity index (χ1) is 7.52. The van der Waals surface area contributed by atoms with Crippen molar-refractivity contribution in [3.8, 4) is 0 Å². The number of rotatable bonds is 1. The fourth-order valence-electron chi connectivity index (χ4n) is 1.91. The lowest BCUT2D eigenvalue weighted by atomic mass is 10.00. The summed E-state index contributed by atoms with van der Waals surface area (Å²) in [5, 5.41) is 7.18. The van der Waals surface area contributed by atoms with Crippen LogP contribution in [0.15, 0.2) is 0 Å². The van der Waals surface area contributed by atoms with Crippen molar-refractivity contribution in [2.75, 3.05) is 19.6 Å². The number of aromatic nitrogens is 2. The zero-order chi connectivity index (χ0) is 11.8. The molecule has 1 aromatic heterocycles. The average Bonchev–Trinajstić information content (AvgIpc) is 2.63. The Morgan fingerprint density at radius 1 is 1.56 bits per heavy atom. The highest BCUT2D eigenvalue weighted by Crippen LogP contribution is 2.21. The van der Waals surface area contributed by atoms with Crippen LogP contribution >= 0.6 is 11.5 Å². The van der Waals surface area contributed by atoms with Crippen molar-refractivity contribution in [3.05, 3.63) is 10.6 Å². The van der Waals surface area contributed by atoms with Gasteiger partial charge in [0.15, 0.2) is 0 Å². The van der Waals surface area contributed by atoms with Gasteiger partial charge in [0.05, 0.1) is 11.2 Å². The normalized spacial score (nSPS) is 19.8. The lowest BCUT2D eigenvalue weighted by Gasteiger charge is -2.42. The molecule has 2 rings (SSSR count). The van der Waals surface area contributed by atoms with Crippen molar-refractivity contribution in [1.29, 1.82) is 0 Å². The number of piperazine rings is 1. The molecular weight excluding hydrogens is 224 g/mol. The molecule has 16 heavy (non-hydrogen) atoms. The molecule has 0 atom stereocenters. The highest BCUT2D eigenvalue weighted by Gasteiger charge is 2.35. The van der Waals surface area contributed by atoms with E-state index >= 15 is 0 Å². The molecule has 1 amide bonds. The number of nitrogens with zero attached hydrogens (tertiary/aromatic N) is 3. The van der Waals surface area contributed by atoms with Gasteiger partial charge < -0.3 is 10.2 Å². The van der Waals surface area contributed by atoms with Crippen LogP contribution in [0.1, 0.15) is 29.2 Å². The Bertz CT molecular complexity index is 401. The Morgan fingerprint density at radius 3 is 2.88 bits per heavy atom. The monoisotopic (exact) mass is 240 g/mol. The highest BCUT2D eigenvalue weighted by molar-refractivity contribution is 7.07. The first kappa shape index (κ1) is 11.5. The minimum absolute atomic E-state index is 0.0546. The maximum Gasteiger partial charge on any atom is 0.268 e. The van der Waals surface area contributed by atoms with Gasteiger partial charge in [0.25, 0.3) is 5.91 Å². The van der Waals surface area contributed by atoms with Crippen LogP contribution in [0, 0.1) is 6.92 Å². The Kier molecular flexibility index (Phi) is 2.94. The molecule has 0 saturated carbocycles. The quantitative estimate of drug-likeness (QED) is 0.784. The number of nitrogens with one attached hydrogen (secondary N) is 1. The van der Waals surface area contributed by atoms with E-state index in [4.69, 9.17) is 0 Å². The second-order valence-electron chi connectivity index (χ2n) is 4.63. The van der Waals surface area contributed by atoms with E-state index in [9.17, 15) is 4.79 Å². The van der Waals surface area contributed by atoms with E-state index in [1.807, 2.05) is 11.8 Å². The van der Waals surface area contributed by atoms with Crippen LogP contribution in [0.25, 0.3) is 0 Å². The summed E-state index contributed by atoms with van der Waals surface area (Å²) in [5.74, 6) is 0.0546. The van der Waals surface area contributed by atoms with E-state index in [2.05, 4.69) is 28.8 Å². The van der Waals surface area contributed by atoms with Crippen molar-refractivity contribution in [3.63, 3.8) is 0 Å². The second-order valence-corrected chi connectivity index (χ2v) is 5.39. The second kappa shape index (κ2) is 4.10. The van der Waals surface area contributed by atoms with Crippen LogP contribution in [0.3, 0.4) is 0 Å². The highest BCUT2D eigenvalue weighted by atomic mass is 32.1. The SMILES string of the molecule is Cc1nnsc1C(=O)N1CCNCC1(C)C. The van der Waals surface area contributed by atoms with Gasteiger partial charge in [0, 0.05) is 19.6 Å². The summed E-state index contributed by atoms with van der Waals surface area (Å²) < 4.78 is 3.81. The van der Waals surface area contributed by atoms with E-state index in [0.29, 0.717) is 4.88 Å². The topological polar surface area (TPSA) is 58.1 Å². The molecule has 5 nitrogen and oxygen atoms in total. The van der Waals surface area contributed by atoms with Crippen LogP contribution in [0.2, 0.25) is 0 Å². The third-order valence-electron chi connectivity index (χ3n) is 2.89. The Labute approximate surface area is 99.0 Å². The largest absolute Gasteiger partial charge is 0.330 e. The van der Waals surface area contributed by atoms with Gasteiger partial charge in [-0.15, -0.1) is 5.10 Å². The summed E-state index contributed by atoms with van der Waals surface area (Å²) in [6, 6.07) is 0. The third kappa shape index (κ3) is 1.94. The van der Waals surface area contributed by atoms with Crippen LogP contribution in [-0.2, 0) is 0 Å². The lowest BCUT2D eigenvalue weighted by molar-refractivity contribution is 0.0481. The molecule has 1 saturated heterocycles. The summed E-state index contributed by atoms with van der Waals surface area (Å²) in [7, 11) is 0. The molecule has 0 spiro atoms.